The molecule has 0 bridgehead atoms. The van der Waals surface area contributed by atoms with E-state index in [1.807, 2.05) is 24.4 Å². The molecule has 0 saturated heterocycles. The number of hydrogen-bond acceptors (Lipinski definition) is 4. The first kappa shape index (κ1) is 30.2. The molecule has 0 radical (unpaired) electrons. The van der Waals surface area contributed by atoms with Crippen molar-refractivity contribution in [1.82, 2.24) is 10.3 Å². The molecule has 0 saturated carbocycles. The molecule has 2 aromatic rings. The summed E-state index contributed by atoms with van der Waals surface area (Å²) >= 11 is 0. The number of para-hydroxylation sites is 1. The van der Waals surface area contributed by atoms with Crippen LogP contribution in [-0.4, -0.2) is 29.9 Å². The summed E-state index contributed by atoms with van der Waals surface area (Å²) in [5.41, 5.74) is 2.21. The molecule has 1 heterocycles. The van der Waals surface area contributed by atoms with Gasteiger partial charge in [0, 0.05) is 37.0 Å². The summed E-state index contributed by atoms with van der Waals surface area (Å²) in [5, 5.41) is 3.86. The summed E-state index contributed by atoms with van der Waals surface area (Å²) in [6.07, 6.45) is 23.1. The van der Waals surface area contributed by atoms with Crippen LogP contribution in [-0.2, 0) is 20.7 Å². The lowest BCUT2D eigenvalue weighted by atomic mass is 10.1. The van der Waals surface area contributed by atoms with Crippen LogP contribution in [0.15, 0.2) is 54.8 Å². The number of carbonyl (C=O) groups is 2. The van der Waals surface area contributed by atoms with Crippen LogP contribution in [0, 0.1) is 0 Å². The monoisotopic (exact) mass is 510 g/mol. The average Bonchev–Trinajstić information content (AvgIpc) is 3.29. The zero-order valence-corrected chi connectivity index (χ0v) is 22.8. The minimum absolute atomic E-state index is 0.329. The van der Waals surface area contributed by atoms with Crippen LogP contribution in [0.1, 0.15) is 96.5 Å². The zero-order chi connectivity index (χ0) is 26.6. The fraction of sp³-hybridized carbons (Fsp3) is 0.548. The van der Waals surface area contributed by atoms with Gasteiger partial charge in [0.2, 0.25) is 6.29 Å². The van der Waals surface area contributed by atoms with Crippen molar-refractivity contribution >= 4 is 23.0 Å². The number of esters is 1. The van der Waals surface area contributed by atoms with Crippen LogP contribution in [0.5, 0.6) is 0 Å². The highest BCUT2D eigenvalue weighted by Crippen LogP contribution is 2.17. The Morgan fingerprint density at radius 2 is 1.62 bits per heavy atom. The number of H-pyrrole nitrogens is 1. The summed E-state index contributed by atoms with van der Waals surface area (Å²) in [4.78, 5) is 27.2. The van der Waals surface area contributed by atoms with E-state index in [0.29, 0.717) is 19.4 Å². The Balaban J connectivity index is 1.42. The van der Waals surface area contributed by atoms with Gasteiger partial charge in [0.25, 0.3) is 0 Å². The van der Waals surface area contributed by atoms with E-state index in [2.05, 4.69) is 47.6 Å². The van der Waals surface area contributed by atoms with Crippen molar-refractivity contribution in [3.05, 3.63) is 60.3 Å². The van der Waals surface area contributed by atoms with Gasteiger partial charge in [-0.1, -0.05) is 81.5 Å². The highest BCUT2D eigenvalue weighted by Gasteiger charge is 2.14. The number of unbranched alkanes of at least 4 members (excludes halogenated alkanes) is 8. The first-order chi connectivity index (χ1) is 18.1. The Hall–Kier alpha value is -3.02. The summed E-state index contributed by atoms with van der Waals surface area (Å²) in [6.45, 7) is 4.23. The van der Waals surface area contributed by atoms with Crippen LogP contribution >= 0.6 is 0 Å². The van der Waals surface area contributed by atoms with Gasteiger partial charge in [0.05, 0.1) is 0 Å². The molecule has 0 spiro atoms. The second kappa shape index (κ2) is 19.1. The van der Waals surface area contributed by atoms with Crippen molar-refractivity contribution in [2.75, 3.05) is 6.54 Å². The molecule has 37 heavy (non-hydrogen) atoms. The Bertz CT molecular complexity index is 963. The lowest BCUT2D eigenvalue weighted by molar-refractivity contribution is -0.164. The number of hydrogen-bond donors (Lipinski definition) is 2. The number of ether oxygens (including phenoxy) is 2. The van der Waals surface area contributed by atoms with E-state index < -0.39 is 12.4 Å². The third-order valence-corrected chi connectivity index (χ3v) is 6.24. The highest BCUT2D eigenvalue weighted by molar-refractivity contribution is 5.83. The van der Waals surface area contributed by atoms with Gasteiger partial charge >= 0.3 is 12.1 Å². The van der Waals surface area contributed by atoms with Crippen LogP contribution in [0.2, 0.25) is 0 Å². The zero-order valence-electron chi connectivity index (χ0n) is 22.8. The first-order valence-corrected chi connectivity index (χ1v) is 14.1. The van der Waals surface area contributed by atoms with E-state index in [0.717, 1.165) is 48.6 Å². The molecule has 6 nitrogen and oxygen atoms in total. The maximum atomic E-state index is 12.0. The quantitative estimate of drug-likeness (QED) is 0.0865. The average molecular weight is 511 g/mol. The molecule has 0 aliphatic rings. The highest BCUT2D eigenvalue weighted by atomic mass is 16.7. The molecule has 1 amide bonds. The van der Waals surface area contributed by atoms with Crippen molar-refractivity contribution in [2.45, 2.75) is 104 Å². The molecule has 2 rings (SSSR count). The maximum absolute atomic E-state index is 12.0. The second-order valence-corrected chi connectivity index (χ2v) is 9.48. The molecule has 0 aliphatic carbocycles. The number of aromatic amines is 1. The Kier molecular flexibility index (Phi) is 15.6. The number of alkyl carbamates (subject to hydrolysis) is 1. The fourth-order valence-corrected chi connectivity index (χ4v) is 4.18. The number of benzene rings is 1. The molecule has 1 aromatic heterocycles. The molecule has 2 N–H and O–H groups in total. The topological polar surface area (TPSA) is 80.4 Å². The Morgan fingerprint density at radius 3 is 2.41 bits per heavy atom. The van der Waals surface area contributed by atoms with Gasteiger partial charge in [-0.2, -0.15) is 0 Å². The predicted molar refractivity (Wildman–Crippen MR) is 151 cm³/mol. The minimum atomic E-state index is -0.904. The van der Waals surface area contributed by atoms with E-state index in [9.17, 15) is 9.59 Å². The molecule has 0 aliphatic heterocycles. The largest absolute Gasteiger partial charge is 0.425 e. The van der Waals surface area contributed by atoms with Crippen LogP contribution < -0.4 is 5.32 Å². The van der Waals surface area contributed by atoms with Gasteiger partial charge < -0.3 is 19.8 Å². The second-order valence-electron chi connectivity index (χ2n) is 9.48. The molecule has 0 fully saturated rings. The number of carbonyl (C=O) groups excluding carboxylic acids is 2. The SMILES string of the molecule is CCCCC/C=C\C/C=C\CCCCCCCC(=O)OC(C)OC(=O)NCCc1c[nH]c2ccccc12. The summed E-state index contributed by atoms with van der Waals surface area (Å²) < 4.78 is 10.4. The first-order valence-electron chi connectivity index (χ1n) is 14.1. The Morgan fingerprint density at radius 1 is 0.919 bits per heavy atom. The predicted octanol–water partition coefficient (Wildman–Crippen LogP) is 8.14. The normalized spacial score (nSPS) is 12.4. The number of amides is 1. The smallest absolute Gasteiger partial charge is 0.410 e. The summed E-state index contributed by atoms with van der Waals surface area (Å²) in [7, 11) is 0. The van der Waals surface area contributed by atoms with Crippen molar-refractivity contribution in [1.29, 1.82) is 0 Å². The van der Waals surface area contributed by atoms with E-state index in [1.54, 1.807) is 6.92 Å². The summed E-state index contributed by atoms with van der Waals surface area (Å²) in [6, 6.07) is 8.05. The van der Waals surface area contributed by atoms with E-state index in [1.165, 1.54) is 38.5 Å². The van der Waals surface area contributed by atoms with Crippen molar-refractivity contribution in [2.24, 2.45) is 0 Å². The molecular weight excluding hydrogens is 464 g/mol. The van der Waals surface area contributed by atoms with Crippen molar-refractivity contribution in [3.63, 3.8) is 0 Å². The van der Waals surface area contributed by atoms with Crippen LogP contribution in [0.4, 0.5) is 4.79 Å². The molecule has 204 valence electrons. The molecule has 1 unspecified atom stereocenters. The van der Waals surface area contributed by atoms with Crippen LogP contribution in [0.3, 0.4) is 0 Å². The maximum Gasteiger partial charge on any atom is 0.410 e. The number of allylic oxidation sites excluding steroid dienone is 4. The molecule has 6 heteroatoms. The van der Waals surface area contributed by atoms with Gasteiger partial charge in [-0.3, -0.25) is 4.79 Å². The number of aromatic nitrogens is 1. The van der Waals surface area contributed by atoms with Gasteiger partial charge in [-0.05, 0) is 56.6 Å². The lowest BCUT2D eigenvalue weighted by Gasteiger charge is -2.14. The van der Waals surface area contributed by atoms with Gasteiger partial charge in [-0.15, -0.1) is 0 Å². The van der Waals surface area contributed by atoms with Crippen LogP contribution in [0.25, 0.3) is 10.9 Å². The van der Waals surface area contributed by atoms with E-state index >= 15 is 0 Å². The van der Waals surface area contributed by atoms with Gasteiger partial charge in [-0.25, -0.2) is 4.79 Å². The third-order valence-electron chi connectivity index (χ3n) is 6.24. The summed E-state index contributed by atoms with van der Waals surface area (Å²) in [5.74, 6) is -0.329. The van der Waals surface area contributed by atoms with E-state index in [4.69, 9.17) is 9.47 Å². The van der Waals surface area contributed by atoms with Gasteiger partial charge in [0.1, 0.15) is 0 Å². The number of fused-ring (bicyclic) bond motifs is 1. The molecule has 1 atom stereocenters. The fourth-order valence-electron chi connectivity index (χ4n) is 4.18. The number of nitrogens with one attached hydrogen (secondary N) is 2. The lowest BCUT2D eigenvalue weighted by Crippen LogP contribution is -2.31. The Labute approximate surface area is 222 Å². The van der Waals surface area contributed by atoms with E-state index in [-0.39, 0.29) is 5.97 Å². The van der Waals surface area contributed by atoms with Gasteiger partial charge in [0.15, 0.2) is 0 Å². The standard InChI is InChI=1S/C31H46N2O4/c1-3-4-5-6-7-8-9-10-11-12-13-14-15-16-17-22-30(34)36-26(2)37-31(35)32-24-23-27-25-33-29-21-19-18-20-28(27)29/h7-8,10-11,18-21,25-26,33H,3-6,9,12-17,22-24H2,1-2H3,(H,32,35)/b8-7-,11-10-. The third kappa shape index (κ3) is 13.7. The molecule has 1 aromatic carbocycles. The number of rotatable bonds is 19. The minimum Gasteiger partial charge on any atom is -0.425 e. The van der Waals surface area contributed by atoms with Crippen molar-refractivity contribution in [3.8, 4) is 0 Å². The molecular formula is C31H46N2O4. The van der Waals surface area contributed by atoms with Crippen molar-refractivity contribution < 1.29 is 19.1 Å².